The maximum Gasteiger partial charge on any atom is 0.320 e. The van der Waals surface area contributed by atoms with Crippen LogP contribution in [0.25, 0.3) is 0 Å². The van der Waals surface area contributed by atoms with Crippen LogP contribution in [0, 0.1) is 0 Å². The number of likely N-dealkylation sites (tertiary alicyclic amines) is 1. The van der Waals surface area contributed by atoms with Crippen molar-refractivity contribution in [2.24, 2.45) is 0 Å². The van der Waals surface area contributed by atoms with E-state index in [0.717, 1.165) is 29.8 Å². The number of hydrogen-bond donors (Lipinski definition) is 1. The summed E-state index contributed by atoms with van der Waals surface area (Å²) in [6, 6.07) is 12.7. The van der Waals surface area contributed by atoms with Gasteiger partial charge < -0.3 is 14.6 Å². The van der Waals surface area contributed by atoms with Crippen molar-refractivity contribution in [2.45, 2.75) is 24.9 Å². The molecule has 1 N–H and O–H groups in total. The fourth-order valence-corrected chi connectivity index (χ4v) is 3.79. The zero-order valence-electron chi connectivity index (χ0n) is 13.5. The molecule has 0 spiro atoms. The predicted molar refractivity (Wildman–Crippen MR) is 93.2 cm³/mol. The summed E-state index contributed by atoms with van der Waals surface area (Å²) in [6.45, 7) is 0.949. The molecule has 5 nitrogen and oxygen atoms in total. The molecule has 0 aliphatic carbocycles. The molecule has 2 heterocycles. The minimum absolute atomic E-state index is 0.171. The predicted octanol–water partition coefficient (Wildman–Crippen LogP) is 3.71. The van der Waals surface area contributed by atoms with E-state index in [9.17, 15) is 9.90 Å². The molecule has 6 heteroatoms. The maximum absolute atomic E-state index is 11.7. The monoisotopic (exact) mass is 359 g/mol. The summed E-state index contributed by atoms with van der Waals surface area (Å²) in [5.41, 5.74) is 2.00. The van der Waals surface area contributed by atoms with Crippen molar-refractivity contribution in [2.75, 3.05) is 13.3 Å². The second-order valence-corrected chi connectivity index (χ2v) is 6.74. The van der Waals surface area contributed by atoms with E-state index in [-0.39, 0.29) is 12.8 Å². The van der Waals surface area contributed by atoms with Crippen LogP contribution in [0.3, 0.4) is 0 Å². The van der Waals surface area contributed by atoms with Gasteiger partial charge in [-0.05, 0) is 48.2 Å². The van der Waals surface area contributed by atoms with E-state index in [1.54, 1.807) is 0 Å². The van der Waals surface area contributed by atoms with Gasteiger partial charge in [-0.3, -0.25) is 9.69 Å². The zero-order chi connectivity index (χ0) is 17.4. The fourth-order valence-electron chi connectivity index (χ4n) is 3.67. The summed E-state index contributed by atoms with van der Waals surface area (Å²) in [5.74, 6) is 0.634. The van der Waals surface area contributed by atoms with Crippen molar-refractivity contribution in [3.8, 4) is 11.5 Å². The molecule has 0 radical (unpaired) electrons. The number of rotatable bonds is 4. The summed E-state index contributed by atoms with van der Waals surface area (Å²) < 4.78 is 10.9. The van der Waals surface area contributed by atoms with Gasteiger partial charge in [0.25, 0.3) is 0 Å². The van der Waals surface area contributed by atoms with Crippen LogP contribution >= 0.6 is 11.6 Å². The first-order valence-electron chi connectivity index (χ1n) is 8.27. The molecule has 2 aromatic rings. The van der Waals surface area contributed by atoms with Gasteiger partial charge in [-0.25, -0.2) is 0 Å². The lowest BCUT2D eigenvalue weighted by atomic mass is 9.96. The summed E-state index contributed by atoms with van der Waals surface area (Å²) in [6.07, 6.45) is 1.52. The van der Waals surface area contributed by atoms with Crippen LogP contribution in [-0.2, 0) is 4.79 Å². The van der Waals surface area contributed by atoms with Gasteiger partial charge in [0.2, 0.25) is 6.79 Å². The number of nitrogens with zero attached hydrogens (tertiary/aromatic N) is 1. The zero-order valence-corrected chi connectivity index (χ0v) is 14.3. The molecule has 4 rings (SSSR count). The maximum atomic E-state index is 11.7. The first-order chi connectivity index (χ1) is 12.1. The number of halogens is 1. The molecule has 2 aromatic carbocycles. The minimum Gasteiger partial charge on any atom is -0.480 e. The number of carboxylic acid groups (broad SMARTS) is 1. The number of aliphatic carboxylic acids is 1. The van der Waals surface area contributed by atoms with Gasteiger partial charge in [-0.1, -0.05) is 29.8 Å². The molecule has 2 aliphatic rings. The van der Waals surface area contributed by atoms with Gasteiger partial charge >= 0.3 is 5.97 Å². The summed E-state index contributed by atoms with van der Waals surface area (Å²) in [4.78, 5) is 13.8. The van der Waals surface area contributed by atoms with Crippen LogP contribution in [0.5, 0.6) is 11.5 Å². The van der Waals surface area contributed by atoms with Crippen LogP contribution < -0.4 is 9.47 Å². The van der Waals surface area contributed by atoms with Crippen molar-refractivity contribution in [3.63, 3.8) is 0 Å². The summed E-state index contributed by atoms with van der Waals surface area (Å²) in [5, 5.41) is 10.3. The van der Waals surface area contributed by atoms with Crippen LogP contribution in [0.4, 0.5) is 0 Å². The molecule has 2 aliphatic heterocycles. The largest absolute Gasteiger partial charge is 0.480 e. The highest BCUT2D eigenvalue weighted by molar-refractivity contribution is 6.30. The second-order valence-electron chi connectivity index (χ2n) is 6.30. The van der Waals surface area contributed by atoms with E-state index >= 15 is 0 Å². The van der Waals surface area contributed by atoms with E-state index in [2.05, 4.69) is 0 Å². The van der Waals surface area contributed by atoms with Gasteiger partial charge in [0.1, 0.15) is 6.04 Å². The van der Waals surface area contributed by atoms with Crippen LogP contribution in [0.15, 0.2) is 42.5 Å². The van der Waals surface area contributed by atoms with E-state index in [1.165, 1.54) is 0 Å². The van der Waals surface area contributed by atoms with Crippen LogP contribution in [0.2, 0.25) is 5.02 Å². The number of fused-ring (bicyclic) bond motifs is 1. The van der Waals surface area contributed by atoms with E-state index < -0.39 is 12.0 Å². The quantitative estimate of drug-likeness (QED) is 0.901. The Morgan fingerprint density at radius 3 is 2.60 bits per heavy atom. The first-order valence-corrected chi connectivity index (χ1v) is 8.65. The third-order valence-corrected chi connectivity index (χ3v) is 5.06. The Balaban J connectivity index is 1.78. The second kappa shape index (κ2) is 6.58. The highest BCUT2D eigenvalue weighted by atomic mass is 35.5. The van der Waals surface area contributed by atoms with Crippen molar-refractivity contribution in [1.82, 2.24) is 4.90 Å². The standard InChI is InChI=1S/C19H18ClNO4/c20-14-6-3-12(4-7-14)18(21-9-1-2-15(21)19(22)23)13-5-8-16-17(10-13)25-11-24-16/h3-8,10,15,18H,1-2,9,11H2,(H,22,23). The Labute approximate surface area is 150 Å². The lowest BCUT2D eigenvalue weighted by molar-refractivity contribution is -0.142. The molecule has 25 heavy (non-hydrogen) atoms. The number of carboxylic acids is 1. The molecule has 1 fully saturated rings. The average molecular weight is 360 g/mol. The molecule has 0 bridgehead atoms. The number of ether oxygens (including phenoxy) is 2. The molecule has 0 aromatic heterocycles. The Bertz CT molecular complexity index is 793. The summed E-state index contributed by atoms with van der Waals surface area (Å²) in [7, 11) is 0. The van der Waals surface area contributed by atoms with E-state index in [1.807, 2.05) is 47.4 Å². The van der Waals surface area contributed by atoms with Crippen molar-refractivity contribution >= 4 is 17.6 Å². The average Bonchev–Trinajstić information content (AvgIpc) is 3.25. The molecule has 130 valence electrons. The SMILES string of the molecule is O=C(O)C1CCCN1C(c1ccc(Cl)cc1)c1ccc2c(c1)OCO2. The molecule has 0 amide bonds. The third-order valence-electron chi connectivity index (χ3n) is 4.81. The summed E-state index contributed by atoms with van der Waals surface area (Å²) >= 11 is 6.03. The molecule has 1 saturated heterocycles. The Hall–Kier alpha value is -2.24. The first kappa shape index (κ1) is 16.2. The van der Waals surface area contributed by atoms with Crippen LogP contribution in [0.1, 0.15) is 30.0 Å². The van der Waals surface area contributed by atoms with Gasteiger partial charge in [0, 0.05) is 11.6 Å². The number of carbonyl (C=O) groups is 1. The molecular formula is C19H18ClNO4. The smallest absolute Gasteiger partial charge is 0.320 e. The van der Waals surface area contributed by atoms with Gasteiger partial charge in [0.15, 0.2) is 11.5 Å². The molecule has 2 atom stereocenters. The fraction of sp³-hybridized carbons (Fsp3) is 0.316. The van der Waals surface area contributed by atoms with Crippen LogP contribution in [-0.4, -0.2) is 35.4 Å². The molecular weight excluding hydrogens is 342 g/mol. The lowest BCUT2D eigenvalue weighted by Gasteiger charge is -2.32. The minimum atomic E-state index is -0.780. The Morgan fingerprint density at radius 2 is 1.84 bits per heavy atom. The van der Waals surface area contributed by atoms with Crippen molar-refractivity contribution in [1.29, 1.82) is 0 Å². The number of hydrogen-bond acceptors (Lipinski definition) is 4. The van der Waals surface area contributed by atoms with Crippen molar-refractivity contribution in [3.05, 3.63) is 58.6 Å². The van der Waals surface area contributed by atoms with Gasteiger partial charge in [-0.2, -0.15) is 0 Å². The third kappa shape index (κ3) is 3.05. The highest BCUT2D eigenvalue weighted by Gasteiger charge is 2.37. The van der Waals surface area contributed by atoms with Gasteiger partial charge in [-0.15, -0.1) is 0 Å². The normalized spacial score (nSPS) is 20.6. The highest BCUT2D eigenvalue weighted by Crippen LogP contribution is 2.40. The Morgan fingerprint density at radius 1 is 1.12 bits per heavy atom. The van der Waals surface area contributed by atoms with Gasteiger partial charge in [0.05, 0.1) is 6.04 Å². The number of benzene rings is 2. The van der Waals surface area contributed by atoms with E-state index in [0.29, 0.717) is 17.2 Å². The molecule has 0 saturated carbocycles. The topological polar surface area (TPSA) is 59.0 Å². The Kier molecular flexibility index (Phi) is 4.27. The van der Waals surface area contributed by atoms with E-state index in [4.69, 9.17) is 21.1 Å². The lowest BCUT2D eigenvalue weighted by Crippen LogP contribution is -2.39. The molecule has 2 unspecified atom stereocenters. The van der Waals surface area contributed by atoms with Crippen molar-refractivity contribution < 1.29 is 19.4 Å².